The molecular formula is C36H65NO8. The van der Waals surface area contributed by atoms with E-state index in [9.17, 15) is 30.3 Å². The standard InChI is InChI=1S/C36H65NO8/c1-3-5-7-9-10-11-12-13-14-15-16-17-18-19-20-22-24-26-32(40)37-29(30(39)25-23-21-8-6-4-2)28-44-36-35(43)34(42)33(41)31(27-38)45-36/h10-11,13-14,23,25,29-31,33-36,38-39,41-43H,3-9,12,15-22,24,26-28H2,1-2H3,(H,37,40)/b11-10-,14-13-,25-23+. The summed E-state index contributed by atoms with van der Waals surface area (Å²) in [4.78, 5) is 12.7. The van der Waals surface area contributed by atoms with Crippen LogP contribution in [0.4, 0.5) is 0 Å². The van der Waals surface area contributed by atoms with E-state index in [2.05, 4.69) is 43.5 Å². The fourth-order valence-corrected chi connectivity index (χ4v) is 5.24. The lowest BCUT2D eigenvalue weighted by molar-refractivity contribution is -0.302. The Hall–Kier alpha value is -1.59. The predicted molar refractivity (Wildman–Crippen MR) is 180 cm³/mol. The van der Waals surface area contributed by atoms with Crippen LogP contribution < -0.4 is 5.32 Å². The van der Waals surface area contributed by atoms with Crippen LogP contribution in [0.1, 0.15) is 129 Å². The number of rotatable bonds is 27. The predicted octanol–water partition coefficient (Wildman–Crippen LogP) is 5.38. The third kappa shape index (κ3) is 19.6. The Kier molecular flexibility index (Phi) is 25.3. The molecule has 1 aliphatic heterocycles. The second-order valence-corrected chi connectivity index (χ2v) is 12.3. The maximum Gasteiger partial charge on any atom is 0.220 e. The first-order chi connectivity index (χ1) is 21.8. The Balaban J connectivity index is 2.35. The first-order valence-electron chi connectivity index (χ1n) is 17.7. The second kappa shape index (κ2) is 27.5. The highest BCUT2D eigenvalue weighted by Crippen LogP contribution is 2.22. The molecule has 262 valence electrons. The molecule has 0 saturated carbocycles. The van der Waals surface area contributed by atoms with Gasteiger partial charge in [-0.1, -0.05) is 108 Å². The normalized spacial score (nSPS) is 23.8. The average Bonchev–Trinajstić information content (AvgIpc) is 3.03. The van der Waals surface area contributed by atoms with Crippen molar-refractivity contribution in [1.29, 1.82) is 0 Å². The molecule has 0 spiro atoms. The number of carbonyl (C=O) groups is 1. The number of amides is 1. The van der Waals surface area contributed by atoms with Gasteiger partial charge in [-0.25, -0.2) is 0 Å². The van der Waals surface area contributed by atoms with E-state index in [1.165, 1.54) is 44.9 Å². The minimum atomic E-state index is -1.56. The van der Waals surface area contributed by atoms with E-state index in [1.807, 2.05) is 6.08 Å². The SMILES string of the molecule is CCCCC/C=C\C/C=C\CCCCCCCCCC(=O)NC(COC1OC(CO)C(O)C(O)C1O)C(O)/C=C/CCCCC. The van der Waals surface area contributed by atoms with Gasteiger partial charge in [-0.2, -0.15) is 0 Å². The van der Waals surface area contributed by atoms with E-state index in [-0.39, 0.29) is 12.5 Å². The lowest BCUT2D eigenvalue weighted by atomic mass is 9.99. The van der Waals surface area contributed by atoms with Crippen molar-refractivity contribution in [2.45, 2.75) is 172 Å². The lowest BCUT2D eigenvalue weighted by Gasteiger charge is -2.40. The number of allylic oxidation sites excluding steroid dienone is 5. The summed E-state index contributed by atoms with van der Waals surface area (Å²) in [5.41, 5.74) is 0. The van der Waals surface area contributed by atoms with E-state index in [0.717, 1.165) is 64.2 Å². The van der Waals surface area contributed by atoms with Crippen molar-refractivity contribution < 1.29 is 39.8 Å². The van der Waals surface area contributed by atoms with Gasteiger partial charge in [0, 0.05) is 6.42 Å². The van der Waals surface area contributed by atoms with Gasteiger partial charge in [-0.05, 0) is 51.4 Å². The van der Waals surface area contributed by atoms with Gasteiger partial charge in [0.15, 0.2) is 6.29 Å². The summed E-state index contributed by atoms with van der Waals surface area (Å²) < 4.78 is 11.1. The fourth-order valence-electron chi connectivity index (χ4n) is 5.24. The molecule has 7 unspecified atom stereocenters. The Labute approximate surface area is 272 Å². The number of aliphatic hydroxyl groups excluding tert-OH is 5. The largest absolute Gasteiger partial charge is 0.394 e. The monoisotopic (exact) mass is 639 g/mol. The van der Waals surface area contributed by atoms with Crippen LogP contribution in [0.15, 0.2) is 36.5 Å². The summed E-state index contributed by atoms with van der Waals surface area (Å²) in [7, 11) is 0. The van der Waals surface area contributed by atoms with Crippen molar-refractivity contribution in [3.8, 4) is 0 Å². The molecule has 1 saturated heterocycles. The molecule has 9 nitrogen and oxygen atoms in total. The Morgan fingerprint density at radius 2 is 1.31 bits per heavy atom. The van der Waals surface area contributed by atoms with Gasteiger partial charge < -0.3 is 40.3 Å². The summed E-state index contributed by atoms with van der Waals surface area (Å²) in [5.74, 6) is -0.196. The molecule has 0 aliphatic carbocycles. The zero-order valence-corrected chi connectivity index (χ0v) is 28.1. The highest BCUT2D eigenvalue weighted by atomic mass is 16.7. The lowest BCUT2D eigenvalue weighted by Crippen LogP contribution is -2.60. The number of carbonyl (C=O) groups excluding carboxylic acids is 1. The Morgan fingerprint density at radius 1 is 0.756 bits per heavy atom. The van der Waals surface area contributed by atoms with Crippen molar-refractivity contribution in [2.24, 2.45) is 0 Å². The molecule has 1 fully saturated rings. The molecule has 0 aromatic rings. The van der Waals surface area contributed by atoms with Gasteiger partial charge in [0.05, 0.1) is 25.4 Å². The van der Waals surface area contributed by atoms with Gasteiger partial charge in [-0.3, -0.25) is 4.79 Å². The molecule has 6 N–H and O–H groups in total. The number of aliphatic hydroxyl groups is 5. The average molecular weight is 640 g/mol. The van der Waals surface area contributed by atoms with Crippen molar-refractivity contribution in [3.63, 3.8) is 0 Å². The zero-order valence-electron chi connectivity index (χ0n) is 28.1. The summed E-state index contributed by atoms with van der Waals surface area (Å²) in [6, 6.07) is -0.803. The molecular weight excluding hydrogens is 574 g/mol. The van der Waals surface area contributed by atoms with E-state index in [0.29, 0.717) is 6.42 Å². The smallest absolute Gasteiger partial charge is 0.220 e. The molecule has 9 heteroatoms. The summed E-state index contributed by atoms with van der Waals surface area (Å²) in [6.07, 6.45) is 23.7. The topological polar surface area (TPSA) is 149 Å². The molecule has 0 radical (unpaired) electrons. The molecule has 7 atom stereocenters. The first kappa shape index (κ1) is 41.4. The van der Waals surface area contributed by atoms with Gasteiger partial charge in [0.25, 0.3) is 0 Å². The summed E-state index contributed by atoms with van der Waals surface area (Å²) in [5, 5.41) is 53.4. The van der Waals surface area contributed by atoms with Crippen molar-refractivity contribution in [2.75, 3.05) is 13.2 Å². The zero-order chi connectivity index (χ0) is 33.1. The molecule has 1 rings (SSSR count). The number of nitrogens with one attached hydrogen (secondary N) is 1. The van der Waals surface area contributed by atoms with Gasteiger partial charge >= 0.3 is 0 Å². The van der Waals surface area contributed by atoms with Crippen molar-refractivity contribution >= 4 is 5.91 Å². The van der Waals surface area contributed by atoms with E-state index < -0.39 is 49.5 Å². The number of ether oxygens (including phenoxy) is 2. The molecule has 0 bridgehead atoms. The van der Waals surface area contributed by atoms with Crippen LogP contribution in [0.2, 0.25) is 0 Å². The van der Waals surface area contributed by atoms with Gasteiger partial charge in [-0.15, -0.1) is 0 Å². The molecule has 0 aromatic heterocycles. The van der Waals surface area contributed by atoms with E-state index >= 15 is 0 Å². The van der Waals surface area contributed by atoms with Crippen molar-refractivity contribution in [3.05, 3.63) is 36.5 Å². The van der Waals surface area contributed by atoms with Crippen LogP contribution >= 0.6 is 0 Å². The van der Waals surface area contributed by atoms with E-state index in [1.54, 1.807) is 6.08 Å². The van der Waals surface area contributed by atoms with Crippen LogP contribution in [0.3, 0.4) is 0 Å². The summed E-state index contributed by atoms with van der Waals surface area (Å²) in [6.45, 7) is 3.59. The van der Waals surface area contributed by atoms with E-state index in [4.69, 9.17) is 9.47 Å². The van der Waals surface area contributed by atoms with Crippen LogP contribution in [0, 0.1) is 0 Å². The first-order valence-corrected chi connectivity index (χ1v) is 17.7. The van der Waals surface area contributed by atoms with Crippen LogP contribution in [-0.4, -0.2) is 87.5 Å². The molecule has 1 heterocycles. The number of unbranched alkanes of at least 4 members (excludes halogenated alkanes) is 13. The Bertz CT molecular complexity index is 802. The fraction of sp³-hybridized carbons (Fsp3) is 0.806. The maximum atomic E-state index is 12.7. The quantitative estimate of drug-likeness (QED) is 0.0519. The molecule has 1 aliphatic rings. The Morgan fingerprint density at radius 3 is 1.91 bits per heavy atom. The minimum absolute atomic E-state index is 0.195. The maximum absolute atomic E-state index is 12.7. The number of hydrogen-bond donors (Lipinski definition) is 6. The molecule has 1 amide bonds. The summed E-state index contributed by atoms with van der Waals surface area (Å²) >= 11 is 0. The molecule has 0 aromatic carbocycles. The minimum Gasteiger partial charge on any atom is -0.394 e. The third-order valence-electron chi connectivity index (χ3n) is 8.21. The van der Waals surface area contributed by atoms with Crippen LogP contribution in [0.5, 0.6) is 0 Å². The number of hydrogen-bond acceptors (Lipinski definition) is 8. The van der Waals surface area contributed by atoms with Crippen LogP contribution in [-0.2, 0) is 14.3 Å². The highest BCUT2D eigenvalue weighted by molar-refractivity contribution is 5.76. The highest BCUT2D eigenvalue weighted by Gasteiger charge is 2.44. The van der Waals surface area contributed by atoms with Crippen molar-refractivity contribution in [1.82, 2.24) is 5.32 Å². The third-order valence-corrected chi connectivity index (χ3v) is 8.21. The molecule has 45 heavy (non-hydrogen) atoms. The second-order valence-electron chi connectivity index (χ2n) is 12.3. The van der Waals surface area contributed by atoms with Gasteiger partial charge in [0.1, 0.15) is 24.4 Å². The van der Waals surface area contributed by atoms with Crippen LogP contribution in [0.25, 0.3) is 0 Å². The van der Waals surface area contributed by atoms with Gasteiger partial charge in [0.2, 0.25) is 5.91 Å².